The van der Waals surface area contributed by atoms with Crippen molar-refractivity contribution in [2.45, 2.75) is 25.2 Å². The largest absolute Gasteiger partial charge is 0.293 e. The van der Waals surface area contributed by atoms with Crippen LogP contribution in [0, 0.1) is 23.2 Å². The second-order valence-electron chi connectivity index (χ2n) is 9.08. The first kappa shape index (κ1) is 22.1. The zero-order valence-electron chi connectivity index (χ0n) is 18.9. The van der Waals surface area contributed by atoms with Crippen molar-refractivity contribution in [3.05, 3.63) is 83.1 Å². The van der Waals surface area contributed by atoms with Gasteiger partial charge in [-0.05, 0) is 42.5 Å². The van der Waals surface area contributed by atoms with Gasteiger partial charge in [0, 0.05) is 22.7 Å². The van der Waals surface area contributed by atoms with Gasteiger partial charge in [-0.1, -0.05) is 49.4 Å². The molecule has 3 aromatic rings. The molecule has 2 aliphatic rings. The topological polar surface area (TPSA) is 116 Å². The molecule has 8 heteroatoms. The highest BCUT2D eigenvalue weighted by atomic mass is 32.2. The summed E-state index contributed by atoms with van der Waals surface area (Å²) in [6.07, 6.45) is 4.49. The lowest BCUT2D eigenvalue weighted by Gasteiger charge is -2.47. The summed E-state index contributed by atoms with van der Waals surface area (Å²) in [4.78, 5) is 12.9. The molecule has 0 bridgehead atoms. The maximum Gasteiger partial charge on any atom is 0.229 e. The number of nitrogens with one attached hydrogen (secondary N) is 2. The Balaban J connectivity index is 1.68. The van der Waals surface area contributed by atoms with Crippen LogP contribution in [0.3, 0.4) is 0 Å². The summed E-state index contributed by atoms with van der Waals surface area (Å²) in [6, 6.07) is 19.2. The summed E-state index contributed by atoms with van der Waals surface area (Å²) < 4.78 is 25.5. The van der Waals surface area contributed by atoms with Gasteiger partial charge in [0.1, 0.15) is 6.07 Å². The highest BCUT2D eigenvalue weighted by Crippen LogP contribution is 2.54. The Morgan fingerprint density at radius 2 is 1.85 bits per heavy atom. The van der Waals surface area contributed by atoms with Crippen LogP contribution in [-0.2, 0) is 26.7 Å². The Bertz CT molecular complexity index is 1450. The van der Waals surface area contributed by atoms with Crippen LogP contribution < -0.4 is 4.72 Å². The maximum absolute atomic E-state index is 12.9. The minimum Gasteiger partial charge on any atom is -0.293 e. The van der Waals surface area contributed by atoms with Gasteiger partial charge < -0.3 is 0 Å². The fourth-order valence-corrected chi connectivity index (χ4v) is 6.17. The van der Waals surface area contributed by atoms with Gasteiger partial charge in [-0.25, -0.2) is 8.42 Å². The summed E-state index contributed by atoms with van der Waals surface area (Å²) in [7, 11) is -3.36. The standard InChI is InChI=1S/C26H24N4O3S/c1-16-22-13-12-21-23(17-8-10-20(11-9-17)30-34(2,32)33)28-29-25(21)26(22,14-18(15-27)24(16)31)19-6-4-3-5-7-19/h3-11,14,16,22,30H,12-13H2,1-2H3,(H,28,29)/t16-,22?,26+/m0/s1. The molecular formula is C26H24N4O3S. The van der Waals surface area contributed by atoms with Gasteiger partial charge in [-0.2, -0.15) is 10.4 Å². The third kappa shape index (κ3) is 3.44. The Morgan fingerprint density at radius 3 is 2.50 bits per heavy atom. The van der Waals surface area contributed by atoms with Gasteiger partial charge in [0.25, 0.3) is 0 Å². The summed E-state index contributed by atoms with van der Waals surface area (Å²) in [5.74, 6) is -0.390. The highest BCUT2D eigenvalue weighted by Gasteiger charge is 2.53. The summed E-state index contributed by atoms with van der Waals surface area (Å²) >= 11 is 0. The summed E-state index contributed by atoms with van der Waals surface area (Å²) in [5, 5.41) is 17.7. The Morgan fingerprint density at radius 1 is 1.15 bits per heavy atom. The van der Waals surface area contributed by atoms with Crippen molar-refractivity contribution in [1.82, 2.24) is 10.2 Å². The molecule has 2 aromatic carbocycles. The molecule has 0 aliphatic heterocycles. The SMILES string of the molecule is C[C@@H]1C(=O)C(C#N)=C[C@]2(c3ccccc3)c3[nH]nc(-c4ccc(NS(C)(=O)=O)cc4)c3CCC12. The number of benzene rings is 2. The second kappa shape index (κ2) is 7.96. The first-order valence-corrected chi connectivity index (χ1v) is 13.0. The van der Waals surface area contributed by atoms with Crippen LogP contribution in [0.25, 0.3) is 11.3 Å². The van der Waals surface area contributed by atoms with E-state index >= 15 is 0 Å². The number of ketones is 1. The highest BCUT2D eigenvalue weighted by molar-refractivity contribution is 7.92. The summed E-state index contributed by atoms with van der Waals surface area (Å²) in [5.41, 5.74) is 4.67. The Kier molecular flexibility index (Phi) is 5.18. The molecule has 7 nitrogen and oxygen atoms in total. The van der Waals surface area contributed by atoms with Crippen LogP contribution in [-0.4, -0.2) is 30.7 Å². The van der Waals surface area contributed by atoms with Crippen LogP contribution in [0.1, 0.15) is 30.2 Å². The van der Waals surface area contributed by atoms with E-state index in [9.17, 15) is 18.5 Å². The van der Waals surface area contributed by atoms with E-state index in [0.29, 0.717) is 5.69 Å². The number of nitriles is 1. The Hall–Kier alpha value is -3.70. The summed E-state index contributed by atoms with van der Waals surface area (Å²) in [6.45, 7) is 1.92. The number of Topliss-reactive ketones (excluding diaryl/α,β-unsaturated/α-hetero) is 1. The van der Waals surface area contributed by atoms with E-state index in [2.05, 4.69) is 21.0 Å². The predicted octanol–water partition coefficient (Wildman–Crippen LogP) is 3.97. The molecule has 0 radical (unpaired) electrons. The molecule has 2 aliphatic carbocycles. The lowest BCUT2D eigenvalue weighted by Crippen LogP contribution is -2.48. The van der Waals surface area contributed by atoms with E-state index in [4.69, 9.17) is 0 Å². The molecule has 0 saturated heterocycles. The minimum atomic E-state index is -3.36. The number of fused-ring (bicyclic) bond motifs is 3. The van der Waals surface area contributed by atoms with Crippen molar-refractivity contribution in [3.63, 3.8) is 0 Å². The third-order valence-corrected chi connectivity index (χ3v) is 7.67. The van der Waals surface area contributed by atoms with Gasteiger partial charge in [0.15, 0.2) is 5.78 Å². The molecule has 0 saturated carbocycles. The number of rotatable bonds is 4. The molecule has 0 spiro atoms. The Labute approximate surface area is 198 Å². The fourth-order valence-electron chi connectivity index (χ4n) is 5.61. The van der Waals surface area contributed by atoms with Crippen LogP contribution in [0.15, 0.2) is 66.2 Å². The smallest absolute Gasteiger partial charge is 0.229 e. The number of sulfonamides is 1. The number of aromatic amines is 1. The van der Waals surface area contributed by atoms with E-state index in [-0.39, 0.29) is 23.2 Å². The number of aromatic nitrogens is 2. The van der Waals surface area contributed by atoms with E-state index in [1.165, 1.54) is 0 Å². The predicted molar refractivity (Wildman–Crippen MR) is 129 cm³/mol. The zero-order chi connectivity index (χ0) is 24.1. The van der Waals surface area contributed by atoms with Crippen molar-refractivity contribution >= 4 is 21.5 Å². The van der Waals surface area contributed by atoms with Gasteiger partial charge in [-0.3, -0.25) is 14.6 Å². The average molecular weight is 473 g/mol. The number of anilines is 1. The van der Waals surface area contributed by atoms with Gasteiger partial charge in [0.05, 0.1) is 28.6 Å². The fraction of sp³-hybridized carbons (Fsp3) is 0.269. The number of allylic oxidation sites excluding steroid dienone is 2. The van der Waals surface area contributed by atoms with Crippen molar-refractivity contribution in [3.8, 4) is 17.3 Å². The van der Waals surface area contributed by atoms with Crippen LogP contribution in [0.2, 0.25) is 0 Å². The number of nitrogens with zero attached hydrogens (tertiary/aromatic N) is 2. The third-order valence-electron chi connectivity index (χ3n) is 7.06. The van der Waals surface area contributed by atoms with Crippen molar-refractivity contribution in [2.24, 2.45) is 11.8 Å². The first-order chi connectivity index (χ1) is 16.2. The number of hydrogen-bond donors (Lipinski definition) is 2. The quantitative estimate of drug-likeness (QED) is 0.596. The second-order valence-corrected chi connectivity index (χ2v) is 10.8. The van der Waals surface area contributed by atoms with E-state index in [1.54, 1.807) is 12.1 Å². The van der Waals surface area contributed by atoms with E-state index < -0.39 is 15.4 Å². The lowest BCUT2D eigenvalue weighted by molar-refractivity contribution is -0.121. The average Bonchev–Trinajstić information content (AvgIpc) is 3.26. The zero-order valence-corrected chi connectivity index (χ0v) is 19.7. The lowest BCUT2D eigenvalue weighted by atomic mass is 9.54. The normalized spacial score (nSPS) is 23.9. The molecule has 5 rings (SSSR count). The molecule has 0 amide bonds. The molecule has 2 N–H and O–H groups in total. The minimum absolute atomic E-state index is 0.00152. The molecule has 3 atom stereocenters. The first-order valence-electron chi connectivity index (χ1n) is 11.1. The van der Waals surface area contributed by atoms with Gasteiger partial charge in [0.2, 0.25) is 10.0 Å². The maximum atomic E-state index is 12.9. The van der Waals surface area contributed by atoms with Gasteiger partial charge >= 0.3 is 0 Å². The number of hydrogen-bond acceptors (Lipinski definition) is 5. The molecule has 1 heterocycles. The molecule has 0 fully saturated rings. The monoisotopic (exact) mass is 472 g/mol. The van der Waals surface area contributed by atoms with Crippen LogP contribution >= 0.6 is 0 Å². The van der Waals surface area contributed by atoms with E-state index in [1.807, 2.05) is 55.5 Å². The molecule has 34 heavy (non-hydrogen) atoms. The van der Waals surface area contributed by atoms with Gasteiger partial charge in [-0.15, -0.1) is 0 Å². The molecule has 1 aromatic heterocycles. The number of H-pyrrole nitrogens is 1. The molecule has 172 valence electrons. The number of carbonyl (C=O) groups is 1. The van der Waals surface area contributed by atoms with E-state index in [0.717, 1.165) is 47.2 Å². The number of carbonyl (C=O) groups excluding carboxylic acids is 1. The van der Waals surface area contributed by atoms with Crippen molar-refractivity contribution in [1.29, 1.82) is 5.26 Å². The van der Waals surface area contributed by atoms with Crippen LogP contribution in [0.4, 0.5) is 5.69 Å². The van der Waals surface area contributed by atoms with Crippen molar-refractivity contribution < 1.29 is 13.2 Å². The van der Waals surface area contributed by atoms with Crippen molar-refractivity contribution in [2.75, 3.05) is 11.0 Å². The van der Waals surface area contributed by atoms with Crippen LogP contribution in [0.5, 0.6) is 0 Å². The molecule has 1 unspecified atom stereocenters. The molecular weight excluding hydrogens is 448 g/mol.